The standard InChI is InChI=1S/C24H21ClN4O2/c25-20-14-18(10-11-22(20)26-15-17-6-2-1-3-7-17)28-23(30)12-13-29-16-27-21-9-5-4-8-19(21)24(29)31/h1-11,14,16,26H,12-13,15H2,(H,28,30). The largest absolute Gasteiger partial charge is 0.380 e. The Morgan fingerprint density at radius 3 is 2.58 bits per heavy atom. The van der Waals surface area contributed by atoms with Crippen molar-refractivity contribution in [1.29, 1.82) is 0 Å². The van der Waals surface area contributed by atoms with Crippen molar-refractivity contribution in [2.75, 3.05) is 10.6 Å². The van der Waals surface area contributed by atoms with Gasteiger partial charge in [-0.25, -0.2) is 4.98 Å². The van der Waals surface area contributed by atoms with Crippen molar-refractivity contribution < 1.29 is 4.79 Å². The van der Waals surface area contributed by atoms with E-state index in [0.717, 1.165) is 11.3 Å². The molecule has 0 aliphatic heterocycles. The summed E-state index contributed by atoms with van der Waals surface area (Å²) in [6, 6.07) is 22.5. The van der Waals surface area contributed by atoms with E-state index in [2.05, 4.69) is 15.6 Å². The van der Waals surface area contributed by atoms with Crippen LogP contribution in [0, 0.1) is 0 Å². The van der Waals surface area contributed by atoms with Gasteiger partial charge < -0.3 is 10.6 Å². The number of fused-ring (bicyclic) bond motifs is 1. The minimum Gasteiger partial charge on any atom is -0.380 e. The Kier molecular flexibility index (Phi) is 6.29. The smallest absolute Gasteiger partial charge is 0.261 e. The van der Waals surface area contributed by atoms with E-state index in [1.807, 2.05) is 42.5 Å². The number of hydrogen-bond donors (Lipinski definition) is 2. The van der Waals surface area contributed by atoms with Gasteiger partial charge in [-0.05, 0) is 35.9 Å². The predicted octanol–water partition coefficient (Wildman–Crippen LogP) is 4.69. The van der Waals surface area contributed by atoms with Gasteiger partial charge in [-0.2, -0.15) is 0 Å². The maximum absolute atomic E-state index is 12.5. The van der Waals surface area contributed by atoms with Gasteiger partial charge in [0.2, 0.25) is 5.91 Å². The van der Waals surface area contributed by atoms with Gasteiger partial charge in [0, 0.05) is 25.2 Å². The minimum absolute atomic E-state index is 0.144. The van der Waals surface area contributed by atoms with Crippen LogP contribution in [-0.2, 0) is 17.9 Å². The highest BCUT2D eigenvalue weighted by Crippen LogP contribution is 2.26. The molecule has 4 aromatic rings. The summed E-state index contributed by atoms with van der Waals surface area (Å²) in [4.78, 5) is 29.1. The maximum Gasteiger partial charge on any atom is 0.261 e. The Morgan fingerprint density at radius 1 is 1.00 bits per heavy atom. The molecule has 0 fully saturated rings. The van der Waals surface area contributed by atoms with Gasteiger partial charge in [0.1, 0.15) is 0 Å². The molecule has 0 atom stereocenters. The van der Waals surface area contributed by atoms with E-state index >= 15 is 0 Å². The number of carbonyl (C=O) groups is 1. The van der Waals surface area contributed by atoms with Crippen LogP contribution < -0.4 is 16.2 Å². The lowest BCUT2D eigenvalue weighted by atomic mass is 10.2. The predicted molar refractivity (Wildman–Crippen MR) is 124 cm³/mol. The summed E-state index contributed by atoms with van der Waals surface area (Å²) < 4.78 is 1.45. The number of hydrogen-bond acceptors (Lipinski definition) is 4. The monoisotopic (exact) mass is 432 g/mol. The number of nitrogens with one attached hydrogen (secondary N) is 2. The molecule has 0 aliphatic rings. The summed E-state index contributed by atoms with van der Waals surface area (Å²) in [6.07, 6.45) is 1.62. The second kappa shape index (κ2) is 9.45. The SMILES string of the molecule is O=C(CCn1cnc2ccccc2c1=O)Nc1ccc(NCc2ccccc2)c(Cl)c1. The van der Waals surface area contributed by atoms with E-state index in [0.29, 0.717) is 28.2 Å². The van der Waals surface area contributed by atoms with Gasteiger partial charge in [0.05, 0.1) is 27.9 Å². The molecule has 3 aromatic carbocycles. The maximum atomic E-state index is 12.5. The van der Waals surface area contributed by atoms with Crippen molar-refractivity contribution in [3.05, 3.63) is 100 Å². The van der Waals surface area contributed by atoms with Crippen LogP contribution in [0.25, 0.3) is 10.9 Å². The van der Waals surface area contributed by atoms with E-state index in [1.54, 1.807) is 30.3 Å². The number of aryl methyl sites for hydroxylation is 1. The number of aromatic nitrogens is 2. The van der Waals surface area contributed by atoms with Gasteiger partial charge in [-0.3, -0.25) is 14.2 Å². The molecule has 6 nitrogen and oxygen atoms in total. The Morgan fingerprint density at radius 2 is 1.77 bits per heavy atom. The first-order valence-corrected chi connectivity index (χ1v) is 10.3. The molecule has 0 saturated carbocycles. The first-order chi connectivity index (χ1) is 15.1. The summed E-state index contributed by atoms with van der Waals surface area (Å²) in [5.41, 5.74) is 3.02. The summed E-state index contributed by atoms with van der Waals surface area (Å²) in [7, 11) is 0. The molecule has 4 rings (SSSR count). The van der Waals surface area contributed by atoms with Crippen molar-refractivity contribution in [2.24, 2.45) is 0 Å². The molecule has 31 heavy (non-hydrogen) atoms. The Hall–Kier alpha value is -3.64. The number of carbonyl (C=O) groups excluding carboxylic acids is 1. The van der Waals surface area contributed by atoms with Crippen LogP contribution in [0.5, 0.6) is 0 Å². The zero-order valence-corrected chi connectivity index (χ0v) is 17.5. The van der Waals surface area contributed by atoms with Crippen LogP contribution in [0.15, 0.2) is 83.9 Å². The second-order valence-corrected chi connectivity index (χ2v) is 7.50. The van der Waals surface area contributed by atoms with Crippen molar-refractivity contribution >= 4 is 39.8 Å². The van der Waals surface area contributed by atoms with Crippen LogP contribution in [-0.4, -0.2) is 15.5 Å². The van der Waals surface area contributed by atoms with E-state index in [4.69, 9.17) is 11.6 Å². The molecule has 0 spiro atoms. The zero-order valence-electron chi connectivity index (χ0n) is 16.7. The highest BCUT2D eigenvalue weighted by molar-refractivity contribution is 6.33. The molecule has 0 radical (unpaired) electrons. The van der Waals surface area contributed by atoms with E-state index in [1.165, 1.54) is 10.9 Å². The molecule has 1 heterocycles. The van der Waals surface area contributed by atoms with Crippen molar-refractivity contribution in [2.45, 2.75) is 19.5 Å². The third-order valence-corrected chi connectivity index (χ3v) is 5.20. The lowest BCUT2D eigenvalue weighted by Gasteiger charge is -2.11. The summed E-state index contributed by atoms with van der Waals surface area (Å²) in [6.45, 7) is 0.897. The molecule has 0 unspecified atom stereocenters. The van der Waals surface area contributed by atoms with Crippen LogP contribution in [0.4, 0.5) is 11.4 Å². The van der Waals surface area contributed by atoms with E-state index in [9.17, 15) is 9.59 Å². The normalized spacial score (nSPS) is 10.7. The molecule has 0 aliphatic carbocycles. The topological polar surface area (TPSA) is 76.0 Å². The fourth-order valence-corrected chi connectivity index (χ4v) is 3.49. The van der Waals surface area contributed by atoms with Gasteiger partial charge in [-0.1, -0.05) is 54.1 Å². The third-order valence-electron chi connectivity index (χ3n) is 4.89. The van der Waals surface area contributed by atoms with Gasteiger partial charge in [0.15, 0.2) is 0 Å². The average molecular weight is 433 g/mol. The molecule has 1 amide bonds. The van der Waals surface area contributed by atoms with Crippen LogP contribution >= 0.6 is 11.6 Å². The number of anilines is 2. The number of rotatable bonds is 7. The van der Waals surface area contributed by atoms with Crippen LogP contribution in [0.2, 0.25) is 5.02 Å². The average Bonchev–Trinajstić information content (AvgIpc) is 2.79. The fraction of sp³-hybridized carbons (Fsp3) is 0.125. The molecule has 156 valence electrons. The Labute approximate surface area is 184 Å². The van der Waals surface area contributed by atoms with Crippen LogP contribution in [0.3, 0.4) is 0 Å². The van der Waals surface area contributed by atoms with Crippen molar-refractivity contribution in [3.63, 3.8) is 0 Å². The molecule has 7 heteroatoms. The highest BCUT2D eigenvalue weighted by atomic mass is 35.5. The number of amides is 1. The van der Waals surface area contributed by atoms with Gasteiger partial charge in [-0.15, -0.1) is 0 Å². The number of benzene rings is 3. The zero-order chi connectivity index (χ0) is 21.6. The quantitative estimate of drug-likeness (QED) is 0.444. The molecule has 1 aromatic heterocycles. The fourth-order valence-electron chi connectivity index (χ4n) is 3.24. The number of nitrogens with zero attached hydrogens (tertiary/aromatic N) is 2. The number of halogens is 1. The first-order valence-electron chi connectivity index (χ1n) is 9.91. The first kappa shape index (κ1) is 20.6. The third kappa shape index (κ3) is 5.10. The summed E-state index contributed by atoms with van der Waals surface area (Å²) in [5.74, 6) is -0.207. The summed E-state index contributed by atoms with van der Waals surface area (Å²) >= 11 is 6.36. The highest BCUT2D eigenvalue weighted by Gasteiger charge is 2.08. The molecule has 0 bridgehead atoms. The van der Waals surface area contributed by atoms with E-state index < -0.39 is 0 Å². The molecule has 2 N–H and O–H groups in total. The Balaban J connectivity index is 1.35. The molecular weight excluding hydrogens is 412 g/mol. The lowest BCUT2D eigenvalue weighted by molar-refractivity contribution is -0.116. The summed E-state index contributed by atoms with van der Waals surface area (Å²) in [5, 5.41) is 7.17. The molecule has 0 saturated heterocycles. The van der Waals surface area contributed by atoms with Crippen molar-refractivity contribution in [3.8, 4) is 0 Å². The lowest BCUT2D eigenvalue weighted by Crippen LogP contribution is -2.23. The van der Waals surface area contributed by atoms with E-state index in [-0.39, 0.29) is 24.4 Å². The second-order valence-electron chi connectivity index (χ2n) is 7.09. The minimum atomic E-state index is -0.207. The van der Waals surface area contributed by atoms with Gasteiger partial charge in [0.25, 0.3) is 5.56 Å². The van der Waals surface area contributed by atoms with Crippen LogP contribution in [0.1, 0.15) is 12.0 Å². The number of para-hydroxylation sites is 1. The van der Waals surface area contributed by atoms with Crippen molar-refractivity contribution in [1.82, 2.24) is 9.55 Å². The molecular formula is C24H21ClN4O2. The Bertz CT molecular complexity index is 1270. The van der Waals surface area contributed by atoms with Gasteiger partial charge >= 0.3 is 0 Å².